The van der Waals surface area contributed by atoms with Gasteiger partial charge in [-0.3, -0.25) is 0 Å². The van der Waals surface area contributed by atoms with E-state index in [0.29, 0.717) is 0 Å². The molecule has 0 aliphatic rings. The Balaban J connectivity index is 2.27. The SMILES string of the molecule is N#Cc1ccc(Oc2ccc(C(F)(F)F)cc2Cl)cc1OCC(=O)O. The van der Waals surface area contributed by atoms with Crippen LogP contribution >= 0.6 is 11.6 Å². The van der Waals surface area contributed by atoms with Crippen molar-refractivity contribution in [1.82, 2.24) is 0 Å². The van der Waals surface area contributed by atoms with Crippen molar-refractivity contribution in [3.05, 3.63) is 52.5 Å². The Bertz CT molecular complexity index is 846. The predicted molar refractivity (Wildman–Crippen MR) is 80.8 cm³/mol. The maximum atomic E-state index is 12.6. The molecule has 0 fully saturated rings. The molecule has 0 heterocycles. The lowest BCUT2D eigenvalue weighted by molar-refractivity contribution is -0.139. The van der Waals surface area contributed by atoms with Crippen LogP contribution in [0.1, 0.15) is 11.1 Å². The molecule has 0 radical (unpaired) electrons. The molecule has 25 heavy (non-hydrogen) atoms. The number of benzene rings is 2. The summed E-state index contributed by atoms with van der Waals surface area (Å²) in [7, 11) is 0. The lowest BCUT2D eigenvalue weighted by atomic mass is 10.2. The molecule has 0 amide bonds. The van der Waals surface area contributed by atoms with Gasteiger partial charge < -0.3 is 14.6 Å². The second-order valence-electron chi connectivity index (χ2n) is 4.70. The van der Waals surface area contributed by atoms with E-state index >= 15 is 0 Å². The van der Waals surface area contributed by atoms with Crippen LogP contribution in [0.4, 0.5) is 13.2 Å². The van der Waals surface area contributed by atoms with Gasteiger partial charge in [-0.15, -0.1) is 0 Å². The van der Waals surface area contributed by atoms with Gasteiger partial charge in [0, 0.05) is 6.07 Å². The van der Waals surface area contributed by atoms with E-state index in [9.17, 15) is 18.0 Å². The number of rotatable bonds is 5. The Hall–Kier alpha value is -2.92. The van der Waals surface area contributed by atoms with Crippen molar-refractivity contribution in [2.45, 2.75) is 6.18 Å². The molecule has 0 aliphatic heterocycles. The number of carboxylic acids is 1. The molecule has 0 aliphatic carbocycles. The maximum Gasteiger partial charge on any atom is 0.416 e. The average Bonchev–Trinajstić information content (AvgIpc) is 2.54. The summed E-state index contributed by atoms with van der Waals surface area (Å²) in [5.41, 5.74) is -0.845. The number of alkyl halides is 3. The van der Waals surface area contributed by atoms with Gasteiger partial charge in [0.15, 0.2) is 6.61 Å². The number of nitrogens with zero attached hydrogens (tertiary/aromatic N) is 1. The third kappa shape index (κ3) is 4.78. The standard InChI is InChI=1S/C16H9ClF3NO4/c17-12-5-10(16(18,19)20)2-4-13(12)25-11-3-1-9(7-21)14(6-11)24-8-15(22)23/h1-6H,8H2,(H,22,23). The number of nitriles is 1. The molecule has 0 spiro atoms. The van der Waals surface area contributed by atoms with E-state index in [1.54, 1.807) is 0 Å². The molecule has 1 N–H and O–H groups in total. The van der Waals surface area contributed by atoms with E-state index in [1.165, 1.54) is 18.2 Å². The van der Waals surface area contributed by atoms with Crippen LogP contribution in [0.3, 0.4) is 0 Å². The monoisotopic (exact) mass is 371 g/mol. The third-order valence-corrected chi connectivity index (χ3v) is 3.21. The summed E-state index contributed by atoms with van der Waals surface area (Å²) in [6, 6.07) is 8.36. The normalized spacial score (nSPS) is 10.8. The first-order valence-corrected chi connectivity index (χ1v) is 7.02. The number of hydrogen-bond donors (Lipinski definition) is 1. The van der Waals surface area contributed by atoms with Gasteiger partial charge in [0.25, 0.3) is 0 Å². The number of carbonyl (C=O) groups is 1. The molecule has 2 rings (SSSR count). The summed E-state index contributed by atoms with van der Waals surface area (Å²) < 4.78 is 48.2. The second-order valence-corrected chi connectivity index (χ2v) is 5.10. The maximum absolute atomic E-state index is 12.6. The predicted octanol–water partition coefficient (Wildman–Crippen LogP) is 4.49. The first-order valence-electron chi connectivity index (χ1n) is 6.64. The molecule has 2 aromatic rings. The van der Waals surface area contributed by atoms with E-state index < -0.39 is 24.3 Å². The summed E-state index contributed by atoms with van der Waals surface area (Å²) in [4.78, 5) is 10.6. The number of hydrogen-bond acceptors (Lipinski definition) is 4. The van der Waals surface area contributed by atoms with E-state index in [4.69, 9.17) is 31.4 Å². The molecule has 0 aromatic heterocycles. The summed E-state index contributed by atoms with van der Waals surface area (Å²) in [6.07, 6.45) is -4.53. The summed E-state index contributed by atoms with van der Waals surface area (Å²) in [6.45, 7) is -0.667. The van der Waals surface area contributed by atoms with E-state index in [2.05, 4.69) is 0 Å². The van der Waals surface area contributed by atoms with Gasteiger partial charge >= 0.3 is 12.1 Å². The highest BCUT2D eigenvalue weighted by Crippen LogP contribution is 2.37. The van der Waals surface area contributed by atoms with Gasteiger partial charge in [-0.2, -0.15) is 18.4 Å². The van der Waals surface area contributed by atoms with Crippen molar-refractivity contribution in [3.8, 4) is 23.3 Å². The van der Waals surface area contributed by atoms with Crippen LogP contribution in [0.15, 0.2) is 36.4 Å². The highest BCUT2D eigenvalue weighted by Gasteiger charge is 2.31. The van der Waals surface area contributed by atoms with Gasteiger partial charge in [-0.05, 0) is 30.3 Å². The Morgan fingerprint density at radius 1 is 1.20 bits per heavy atom. The van der Waals surface area contributed by atoms with Gasteiger partial charge in [0.2, 0.25) is 0 Å². The fraction of sp³-hybridized carbons (Fsp3) is 0.125. The number of aliphatic carboxylic acids is 1. The molecule has 2 aromatic carbocycles. The van der Waals surface area contributed by atoms with E-state index in [1.807, 2.05) is 6.07 Å². The summed E-state index contributed by atoms with van der Waals surface area (Å²) in [5.74, 6) is -1.20. The van der Waals surface area contributed by atoms with Crippen molar-refractivity contribution in [2.75, 3.05) is 6.61 Å². The minimum Gasteiger partial charge on any atom is -0.480 e. The van der Waals surface area contributed by atoms with Crippen LogP contribution in [0, 0.1) is 11.3 Å². The minimum atomic E-state index is -4.53. The quantitative estimate of drug-likeness (QED) is 0.837. The van der Waals surface area contributed by atoms with Crippen molar-refractivity contribution in [1.29, 1.82) is 5.26 Å². The first-order chi connectivity index (χ1) is 11.7. The first kappa shape index (κ1) is 18.4. The highest BCUT2D eigenvalue weighted by molar-refractivity contribution is 6.32. The fourth-order valence-electron chi connectivity index (χ4n) is 1.80. The molecule has 0 saturated carbocycles. The topological polar surface area (TPSA) is 79.5 Å². The van der Waals surface area contributed by atoms with Crippen LogP contribution in [0.5, 0.6) is 17.2 Å². The zero-order valence-electron chi connectivity index (χ0n) is 12.3. The fourth-order valence-corrected chi connectivity index (χ4v) is 2.02. The van der Waals surface area contributed by atoms with Crippen LogP contribution in [-0.4, -0.2) is 17.7 Å². The molecule has 0 unspecified atom stereocenters. The number of halogens is 4. The molecule has 9 heteroatoms. The molecule has 5 nitrogen and oxygen atoms in total. The highest BCUT2D eigenvalue weighted by atomic mass is 35.5. The van der Waals surface area contributed by atoms with Crippen LogP contribution in [0.2, 0.25) is 5.02 Å². The minimum absolute atomic E-state index is 0.0366. The van der Waals surface area contributed by atoms with Gasteiger partial charge in [0.1, 0.15) is 23.3 Å². The Labute approximate surface area is 144 Å². The third-order valence-electron chi connectivity index (χ3n) is 2.91. The lowest BCUT2D eigenvalue weighted by Crippen LogP contribution is -2.10. The van der Waals surface area contributed by atoms with Crippen molar-refractivity contribution in [2.24, 2.45) is 0 Å². The van der Waals surface area contributed by atoms with Crippen molar-refractivity contribution < 1.29 is 32.5 Å². The van der Waals surface area contributed by atoms with Crippen LogP contribution < -0.4 is 9.47 Å². The Morgan fingerprint density at radius 2 is 1.92 bits per heavy atom. The van der Waals surface area contributed by atoms with E-state index in [-0.39, 0.29) is 27.8 Å². The van der Waals surface area contributed by atoms with E-state index in [0.717, 1.165) is 18.2 Å². The lowest BCUT2D eigenvalue weighted by Gasteiger charge is -2.12. The molecule has 130 valence electrons. The molecular formula is C16H9ClF3NO4. The number of ether oxygens (including phenoxy) is 2. The van der Waals surface area contributed by atoms with Gasteiger partial charge in [-0.25, -0.2) is 4.79 Å². The number of carboxylic acid groups (broad SMARTS) is 1. The average molecular weight is 372 g/mol. The van der Waals surface area contributed by atoms with Crippen molar-refractivity contribution >= 4 is 17.6 Å². The molecular weight excluding hydrogens is 363 g/mol. The summed E-state index contributed by atoms with van der Waals surface area (Å²) >= 11 is 5.80. The van der Waals surface area contributed by atoms with Gasteiger partial charge in [0.05, 0.1) is 16.1 Å². The van der Waals surface area contributed by atoms with Crippen LogP contribution in [0.25, 0.3) is 0 Å². The Kier molecular flexibility index (Phi) is 5.39. The second kappa shape index (κ2) is 7.32. The summed E-state index contributed by atoms with van der Waals surface area (Å²) in [5, 5.41) is 17.3. The molecule has 0 bridgehead atoms. The zero-order valence-corrected chi connectivity index (χ0v) is 13.1. The largest absolute Gasteiger partial charge is 0.480 e. The Morgan fingerprint density at radius 3 is 2.48 bits per heavy atom. The van der Waals surface area contributed by atoms with Crippen LogP contribution in [-0.2, 0) is 11.0 Å². The molecule has 0 atom stereocenters. The smallest absolute Gasteiger partial charge is 0.416 e. The molecule has 0 saturated heterocycles. The van der Waals surface area contributed by atoms with Gasteiger partial charge in [-0.1, -0.05) is 11.6 Å². The van der Waals surface area contributed by atoms with Crippen molar-refractivity contribution in [3.63, 3.8) is 0 Å². The zero-order chi connectivity index (χ0) is 18.6.